The van der Waals surface area contributed by atoms with Crippen LogP contribution in [-0.2, 0) is 11.3 Å². The first-order chi connectivity index (χ1) is 13.6. The standard InChI is InChI=1S/C21H20ClN3O3/c1-2-27-18-9-5-15(6-10-18)20-23-21(28-24-20)16-11-19(26)25(13-16)12-14-3-7-17(22)8-4-14/h3-10,16H,2,11-13H2,1H3. The zero-order valence-corrected chi connectivity index (χ0v) is 16.2. The maximum absolute atomic E-state index is 12.4. The molecular formula is C21H20ClN3O3. The topological polar surface area (TPSA) is 68.5 Å². The van der Waals surface area contributed by atoms with Crippen molar-refractivity contribution in [3.8, 4) is 17.1 Å². The van der Waals surface area contributed by atoms with Crippen molar-refractivity contribution in [1.29, 1.82) is 0 Å². The van der Waals surface area contributed by atoms with Gasteiger partial charge in [0.05, 0.1) is 12.5 Å². The van der Waals surface area contributed by atoms with Crippen molar-refractivity contribution in [3.63, 3.8) is 0 Å². The number of carbonyl (C=O) groups is 1. The molecular weight excluding hydrogens is 378 g/mol. The summed E-state index contributed by atoms with van der Waals surface area (Å²) in [6.07, 6.45) is 0.374. The summed E-state index contributed by atoms with van der Waals surface area (Å²) < 4.78 is 10.9. The maximum Gasteiger partial charge on any atom is 0.232 e. The predicted molar refractivity (Wildman–Crippen MR) is 105 cm³/mol. The number of aromatic nitrogens is 2. The minimum Gasteiger partial charge on any atom is -0.494 e. The van der Waals surface area contributed by atoms with Gasteiger partial charge in [-0.2, -0.15) is 4.98 Å². The third kappa shape index (κ3) is 4.02. The van der Waals surface area contributed by atoms with E-state index >= 15 is 0 Å². The van der Waals surface area contributed by atoms with Crippen molar-refractivity contribution in [2.24, 2.45) is 0 Å². The molecule has 1 aliphatic heterocycles. The van der Waals surface area contributed by atoms with Gasteiger partial charge in [0.1, 0.15) is 5.75 Å². The Morgan fingerprint density at radius 2 is 1.93 bits per heavy atom. The Morgan fingerprint density at radius 3 is 2.64 bits per heavy atom. The summed E-state index contributed by atoms with van der Waals surface area (Å²) >= 11 is 5.92. The highest BCUT2D eigenvalue weighted by atomic mass is 35.5. The van der Waals surface area contributed by atoms with Crippen molar-refractivity contribution >= 4 is 17.5 Å². The van der Waals surface area contributed by atoms with Crippen LogP contribution >= 0.6 is 11.6 Å². The second kappa shape index (κ2) is 8.02. The highest BCUT2D eigenvalue weighted by molar-refractivity contribution is 6.30. The van der Waals surface area contributed by atoms with Gasteiger partial charge in [0.25, 0.3) is 0 Å². The van der Waals surface area contributed by atoms with Gasteiger partial charge in [0.2, 0.25) is 17.6 Å². The lowest BCUT2D eigenvalue weighted by Gasteiger charge is -2.16. The van der Waals surface area contributed by atoms with Crippen LogP contribution in [0.25, 0.3) is 11.4 Å². The molecule has 28 heavy (non-hydrogen) atoms. The number of hydrogen-bond donors (Lipinski definition) is 0. The number of ether oxygens (including phenoxy) is 1. The van der Waals surface area contributed by atoms with Crippen LogP contribution in [0.5, 0.6) is 5.75 Å². The number of halogens is 1. The minimum absolute atomic E-state index is 0.0840. The van der Waals surface area contributed by atoms with Crippen LogP contribution in [0.1, 0.15) is 30.7 Å². The van der Waals surface area contributed by atoms with E-state index in [4.69, 9.17) is 20.9 Å². The molecule has 144 valence electrons. The van der Waals surface area contributed by atoms with Crippen molar-refractivity contribution in [3.05, 3.63) is 65.0 Å². The maximum atomic E-state index is 12.4. The molecule has 1 aliphatic rings. The monoisotopic (exact) mass is 397 g/mol. The molecule has 0 spiro atoms. The molecule has 0 radical (unpaired) electrons. The summed E-state index contributed by atoms with van der Waals surface area (Å²) in [6.45, 7) is 3.67. The SMILES string of the molecule is CCOc1ccc(-c2noc(C3CC(=O)N(Cc4ccc(Cl)cc4)C3)n2)cc1. The Labute approximate surface area is 168 Å². The largest absolute Gasteiger partial charge is 0.494 e. The Balaban J connectivity index is 1.44. The molecule has 3 aromatic rings. The van der Waals surface area contributed by atoms with E-state index in [0.29, 0.717) is 42.9 Å². The molecule has 6 nitrogen and oxygen atoms in total. The fraction of sp³-hybridized carbons (Fsp3) is 0.286. The van der Waals surface area contributed by atoms with E-state index in [1.54, 1.807) is 0 Å². The van der Waals surface area contributed by atoms with Gasteiger partial charge in [-0.3, -0.25) is 4.79 Å². The molecule has 0 N–H and O–H groups in total. The first-order valence-corrected chi connectivity index (χ1v) is 9.59. The number of amides is 1. The Kier molecular flexibility index (Phi) is 5.30. The first kappa shape index (κ1) is 18.5. The molecule has 1 atom stereocenters. The molecule has 1 amide bonds. The summed E-state index contributed by atoms with van der Waals surface area (Å²) in [7, 11) is 0. The second-order valence-electron chi connectivity index (χ2n) is 6.72. The zero-order valence-electron chi connectivity index (χ0n) is 15.5. The predicted octanol–water partition coefficient (Wildman–Crippen LogP) is 4.30. The summed E-state index contributed by atoms with van der Waals surface area (Å²) in [5.74, 6) is 1.80. The van der Waals surface area contributed by atoms with Gasteiger partial charge in [0, 0.05) is 30.1 Å². The summed E-state index contributed by atoms with van der Waals surface area (Å²) in [4.78, 5) is 18.7. The van der Waals surface area contributed by atoms with Crippen LogP contribution in [0.3, 0.4) is 0 Å². The van der Waals surface area contributed by atoms with Crippen LogP contribution in [-0.4, -0.2) is 34.1 Å². The fourth-order valence-electron chi connectivity index (χ4n) is 3.29. The third-order valence-electron chi connectivity index (χ3n) is 4.72. The van der Waals surface area contributed by atoms with Gasteiger partial charge < -0.3 is 14.2 Å². The third-order valence-corrected chi connectivity index (χ3v) is 4.97. The average molecular weight is 398 g/mol. The highest BCUT2D eigenvalue weighted by Crippen LogP contribution is 2.30. The molecule has 2 heterocycles. The van der Waals surface area contributed by atoms with Crippen LogP contribution in [0.4, 0.5) is 0 Å². The van der Waals surface area contributed by atoms with Gasteiger partial charge in [-0.15, -0.1) is 0 Å². The smallest absolute Gasteiger partial charge is 0.232 e. The molecule has 7 heteroatoms. The van der Waals surface area contributed by atoms with Crippen LogP contribution in [0, 0.1) is 0 Å². The lowest BCUT2D eigenvalue weighted by molar-refractivity contribution is -0.128. The zero-order chi connectivity index (χ0) is 19.5. The average Bonchev–Trinajstić information content (AvgIpc) is 3.32. The van der Waals surface area contributed by atoms with E-state index in [0.717, 1.165) is 16.9 Å². The molecule has 1 saturated heterocycles. The quantitative estimate of drug-likeness (QED) is 0.620. The Bertz CT molecular complexity index is 954. The molecule has 0 aliphatic carbocycles. The van der Waals surface area contributed by atoms with Crippen molar-refractivity contribution < 1.29 is 14.1 Å². The molecule has 1 unspecified atom stereocenters. The van der Waals surface area contributed by atoms with E-state index in [9.17, 15) is 4.79 Å². The first-order valence-electron chi connectivity index (χ1n) is 9.21. The van der Waals surface area contributed by atoms with Gasteiger partial charge in [-0.1, -0.05) is 28.9 Å². The normalized spacial score (nSPS) is 16.6. The van der Waals surface area contributed by atoms with Crippen LogP contribution in [0.15, 0.2) is 53.1 Å². The van der Waals surface area contributed by atoms with Gasteiger partial charge >= 0.3 is 0 Å². The van der Waals surface area contributed by atoms with E-state index in [2.05, 4.69) is 10.1 Å². The van der Waals surface area contributed by atoms with Gasteiger partial charge in [-0.25, -0.2) is 0 Å². The van der Waals surface area contributed by atoms with Gasteiger partial charge in [-0.05, 0) is 48.9 Å². The Morgan fingerprint density at radius 1 is 1.18 bits per heavy atom. The number of benzene rings is 2. The van der Waals surface area contributed by atoms with E-state index in [1.165, 1.54) is 0 Å². The lowest BCUT2D eigenvalue weighted by atomic mass is 10.1. The minimum atomic E-state index is -0.0938. The van der Waals surface area contributed by atoms with Crippen molar-refractivity contribution in [1.82, 2.24) is 15.0 Å². The van der Waals surface area contributed by atoms with E-state index in [1.807, 2.05) is 60.4 Å². The number of rotatable bonds is 6. The number of hydrogen-bond acceptors (Lipinski definition) is 5. The number of nitrogens with zero attached hydrogens (tertiary/aromatic N) is 3. The molecule has 0 saturated carbocycles. The summed E-state index contributed by atoms with van der Waals surface area (Å²) in [5, 5.41) is 4.76. The number of carbonyl (C=O) groups excluding carboxylic acids is 1. The summed E-state index contributed by atoms with van der Waals surface area (Å²) in [6, 6.07) is 15.1. The van der Waals surface area contributed by atoms with Gasteiger partial charge in [0.15, 0.2) is 0 Å². The molecule has 1 aromatic heterocycles. The highest BCUT2D eigenvalue weighted by Gasteiger charge is 2.34. The van der Waals surface area contributed by atoms with Crippen molar-refractivity contribution in [2.45, 2.75) is 25.8 Å². The molecule has 0 bridgehead atoms. The van der Waals surface area contributed by atoms with E-state index in [-0.39, 0.29) is 11.8 Å². The van der Waals surface area contributed by atoms with Crippen LogP contribution in [0.2, 0.25) is 5.02 Å². The number of likely N-dealkylation sites (tertiary alicyclic amines) is 1. The second-order valence-corrected chi connectivity index (χ2v) is 7.15. The lowest BCUT2D eigenvalue weighted by Crippen LogP contribution is -2.24. The van der Waals surface area contributed by atoms with E-state index < -0.39 is 0 Å². The molecule has 1 fully saturated rings. The van der Waals surface area contributed by atoms with Crippen LogP contribution < -0.4 is 4.74 Å². The fourth-order valence-corrected chi connectivity index (χ4v) is 3.41. The molecule has 2 aromatic carbocycles. The summed E-state index contributed by atoms with van der Waals surface area (Å²) in [5.41, 5.74) is 1.89. The Hall–Kier alpha value is -2.86. The van der Waals surface area contributed by atoms with Crippen molar-refractivity contribution in [2.75, 3.05) is 13.2 Å². The molecule has 4 rings (SSSR count).